The summed E-state index contributed by atoms with van der Waals surface area (Å²) >= 11 is 3.34. The Bertz CT molecular complexity index is 737. The molecule has 0 saturated carbocycles. The molecule has 7 heteroatoms. The zero-order chi connectivity index (χ0) is 15.7. The number of anilines is 1. The van der Waals surface area contributed by atoms with E-state index in [1.54, 1.807) is 26.1 Å². The summed E-state index contributed by atoms with van der Waals surface area (Å²) < 4.78 is 0.850. The number of amides is 1. The first-order valence-electron chi connectivity index (χ1n) is 6.17. The van der Waals surface area contributed by atoms with Crippen LogP contribution in [0.5, 0.6) is 0 Å². The summed E-state index contributed by atoms with van der Waals surface area (Å²) in [7, 11) is 0. The average Bonchev–Trinajstić information content (AvgIpc) is 2.69. The minimum Gasteiger partial charge on any atom is -0.477 e. The predicted molar refractivity (Wildman–Crippen MR) is 81.9 cm³/mol. The Hall–Kier alpha value is -2.15. The van der Waals surface area contributed by atoms with E-state index in [4.69, 9.17) is 5.11 Å². The van der Waals surface area contributed by atoms with Crippen molar-refractivity contribution in [2.45, 2.75) is 20.8 Å². The number of nitrogens with zero attached hydrogens (tertiary/aromatic N) is 1. The van der Waals surface area contributed by atoms with Gasteiger partial charge in [0.2, 0.25) is 0 Å². The largest absolute Gasteiger partial charge is 0.477 e. The van der Waals surface area contributed by atoms with Crippen molar-refractivity contribution in [1.29, 1.82) is 0 Å². The van der Waals surface area contributed by atoms with Crippen LogP contribution in [0.4, 0.5) is 5.82 Å². The first-order valence-corrected chi connectivity index (χ1v) is 6.96. The molecule has 110 valence electrons. The number of carboxylic acids is 1. The van der Waals surface area contributed by atoms with Crippen molar-refractivity contribution in [3.8, 4) is 0 Å². The van der Waals surface area contributed by atoms with Gasteiger partial charge < -0.3 is 15.4 Å². The van der Waals surface area contributed by atoms with Crippen LogP contribution in [0.2, 0.25) is 0 Å². The van der Waals surface area contributed by atoms with Crippen LogP contribution in [0.25, 0.3) is 0 Å². The molecule has 2 aromatic heterocycles. The van der Waals surface area contributed by atoms with E-state index in [1.165, 1.54) is 0 Å². The SMILES string of the molecule is Cc1cc(NC(=O)c2c(C)[nH]c(C(=O)O)c2C)ncc1Br. The van der Waals surface area contributed by atoms with E-state index in [0.717, 1.165) is 10.0 Å². The quantitative estimate of drug-likeness (QED) is 0.791. The zero-order valence-corrected chi connectivity index (χ0v) is 13.3. The number of aryl methyl sites for hydroxylation is 2. The van der Waals surface area contributed by atoms with Crippen molar-refractivity contribution < 1.29 is 14.7 Å². The van der Waals surface area contributed by atoms with E-state index in [2.05, 4.69) is 31.2 Å². The predicted octanol–water partition coefficient (Wildman–Crippen LogP) is 3.05. The molecule has 0 aromatic carbocycles. The van der Waals surface area contributed by atoms with Crippen molar-refractivity contribution >= 4 is 33.6 Å². The van der Waals surface area contributed by atoms with Gasteiger partial charge in [0.25, 0.3) is 5.91 Å². The monoisotopic (exact) mass is 351 g/mol. The number of carbonyl (C=O) groups excluding carboxylic acids is 1. The van der Waals surface area contributed by atoms with Gasteiger partial charge in [-0.3, -0.25) is 4.79 Å². The summed E-state index contributed by atoms with van der Waals surface area (Å²) in [6, 6.07) is 1.73. The maximum Gasteiger partial charge on any atom is 0.352 e. The number of halogens is 1. The highest BCUT2D eigenvalue weighted by atomic mass is 79.9. The molecule has 21 heavy (non-hydrogen) atoms. The minimum atomic E-state index is -1.09. The van der Waals surface area contributed by atoms with Gasteiger partial charge in [-0.25, -0.2) is 9.78 Å². The Labute approximate surface area is 129 Å². The molecule has 2 aromatic rings. The number of rotatable bonds is 3. The molecule has 0 unspecified atom stereocenters. The van der Waals surface area contributed by atoms with Gasteiger partial charge in [0.15, 0.2) is 0 Å². The fraction of sp³-hybridized carbons (Fsp3) is 0.214. The summed E-state index contributed by atoms with van der Waals surface area (Å²) in [6.07, 6.45) is 1.60. The van der Waals surface area contributed by atoms with Gasteiger partial charge in [0, 0.05) is 16.4 Å². The molecular weight excluding hydrogens is 338 g/mol. The Morgan fingerprint density at radius 3 is 2.52 bits per heavy atom. The molecule has 0 saturated heterocycles. The third kappa shape index (κ3) is 2.97. The lowest BCUT2D eigenvalue weighted by Crippen LogP contribution is -2.15. The van der Waals surface area contributed by atoms with E-state index in [0.29, 0.717) is 22.6 Å². The molecule has 6 nitrogen and oxygen atoms in total. The lowest BCUT2D eigenvalue weighted by Gasteiger charge is -2.07. The molecule has 0 aliphatic heterocycles. The summed E-state index contributed by atoms with van der Waals surface area (Å²) in [4.78, 5) is 30.2. The third-order valence-electron chi connectivity index (χ3n) is 3.17. The highest BCUT2D eigenvalue weighted by Gasteiger charge is 2.21. The lowest BCUT2D eigenvalue weighted by molar-refractivity contribution is 0.0690. The van der Waals surface area contributed by atoms with Crippen LogP contribution in [0, 0.1) is 20.8 Å². The van der Waals surface area contributed by atoms with Crippen LogP contribution >= 0.6 is 15.9 Å². The Morgan fingerprint density at radius 2 is 2.00 bits per heavy atom. The number of hydrogen-bond donors (Lipinski definition) is 3. The maximum absolute atomic E-state index is 12.3. The van der Waals surface area contributed by atoms with E-state index in [9.17, 15) is 9.59 Å². The van der Waals surface area contributed by atoms with Gasteiger partial charge in [-0.1, -0.05) is 0 Å². The van der Waals surface area contributed by atoms with Crippen molar-refractivity contribution in [1.82, 2.24) is 9.97 Å². The maximum atomic E-state index is 12.3. The second-order valence-corrected chi connectivity index (χ2v) is 5.56. The van der Waals surface area contributed by atoms with Gasteiger partial charge in [-0.2, -0.15) is 0 Å². The topological polar surface area (TPSA) is 95.1 Å². The van der Waals surface area contributed by atoms with Gasteiger partial charge in [0.05, 0.1) is 5.56 Å². The molecule has 2 heterocycles. The number of pyridine rings is 1. The van der Waals surface area contributed by atoms with E-state index < -0.39 is 5.97 Å². The minimum absolute atomic E-state index is 0.0256. The number of carboxylic acid groups (broad SMARTS) is 1. The summed E-state index contributed by atoms with van der Waals surface area (Å²) in [5.74, 6) is -1.06. The van der Waals surface area contributed by atoms with Crippen molar-refractivity contribution in [2.24, 2.45) is 0 Å². The fourth-order valence-electron chi connectivity index (χ4n) is 2.09. The number of aromatic carboxylic acids is 1. The summed E-state index contributed by atoms with van der Waals surface area (Å²) in [5.41, 5.74) is 2.21. The number of carbonyl (C=O) groups is 2. The second-order valence-electron chi connectivity index (χ2n) is 4.70. The molecule has 0 aliphatic rings. The van der Waals surface area contributed by atoms with Gasteiger partial charge in [-0.15, -0.1) is 0 Å². The van der Waals surface area contributed by atoms with Gasteiger partial charge >= 0.3 is 5.97 Å². The normalized spacial score (nSPS) is 10.5. The third-order valence-corrected chi connectivity index (χ3v) is 4.00. The number of nitrogens with one attached hydrogen (secondary N) is 2. The van der Waals surface area contributed by atoms with Gasteiger partial charge in [0.1, 0.15) is 11.5 Å². The van der Waals surface area contributed by atoms with Crippen molar-refractivity contribution in [3.63, 3.8) is 0 Å². The highest BCUT2D eigenvalue weighted by Crippen LogP contribution is 2.21. The van der Waals surface area contributed by atoms with Crippen molar-refractivity contribution in [3.05, 3.63) is 44.8 Å². The van der Waals surface area contributed by atoms with E-state index in [-0.39, 0.29) is 11.6 Å². The summed E-state index contributed by atoms with van der Waals surface area (Å²) in [5, 5.41) is 11.7. The van der Waals surface area contributed by atoms with Crippen LogP contribution in [0.3, 0.4) is 0 Å². The number of hydrogen-bond acceptors (Lipinski definition) is 3. The molecule has 0 radical (unpaired) electrons. The van der Waals surface area contributed by atoms with Crippen LogP contribution < -0.4 is 5.32 Å². The van der Waals surface area contributed by atoms with Gasteiger partial charge in [-0.05, 0) is 53.9 Å². The summed E-state index contributed by atoms with van der Waals surface area (Å²) in [6.45, 7) is 5.15. The van der Waals surface area contributed by atoms with Crippen LogP contribution in [0.15, 0.2) is 16.7 Å². The first kappa shape index (κ1) is 15.2. The number of H-pyrrole nitrogens is 1. The van der Waals surface area contributed by atoms with Crippen LogP contribution in [-0.4, -0.2) is 27.0 Å². The Kier molecular flexibility index (Phi) is 4.13. The molecular formula is C14H14BrN3O3. The molecule has 3 N–H and O–H groups in total. The number of aromatic amines is 1. The Balaban J connectivity index is 2.32. The smallest absolute Gasteiger partial charge is 0.352 e. The second kappa shape index (κ2) is 5.69. The number of aromatic nitrogens is 2. The van der Waals surface area contributed by atoms with Crippen LogP contribution in [0.1, 0.15) is 37.7 Å². The van der Waals surface area contributed by atoms with Crippen molar-refractivity contribution in [2.75, 3.05) is 5.32 Å². The molecule has 0 spiro atoms. The molecule has 0 fully saturated rings. The zero-order valence-electron chi connectivity index (χ0n) is 11.7. The van der Waals surface area contributed by atoms with Crippen LogP contribution in [-0.2, 0) is 0 Å². The fourth-order valence-corrected chi connectivity index (χ4v) is 2.31. The lowest BCUT2D eigenvalue weighted by atomic mass is 10.1. The Morgan fingerprint density at radius 1 is 1.33 bits per heavy atom. The first-order chi connectivity index (χ1) is 9.81. The standard InChI is InChI=1S/C14H14BrN3O3/c1-6-4-10(16-5-9(6)15)18-13(19)11-7(2)12(14(20)21)17-8(11)3/h4-5,17H,1-3H3,(H,20,21)(H,16,18,19). The molecule has 0 aliphatic carbocycles. The van der Waals surface area contributed by atoms with E-state index in [1.807, 2.05) is 6.92 Å². The average molecular weight is 352 g/mol. The highest BCUT2D eigenvalue weighted by molar-refractivity contribution is 9.10. The molecule has 1 amide bonds. The molecule has 0 bridgehead atoms. The molecule has 0 atom stereocenters. The molecule has 2 rings (SSSR count). The van der Waals surface area contributed by atoms with E-state index >= 15 is 0 Å².